The number of hydrogen-bond acceptors (Lipinski definition) is 7. The predicted octanol–water partition coefficient (Wildman–Crippen LogP) is 5.78. The summed E-state index contributed by atoms with van der Waals surface area (Å²) in [5.41, 5.74) is 4.95. The van der Waals surface area contributed by atoms with Gasteiger partial charge in [0.15, 0.2) is 0 Å². The molecule has 0 spiro atoms. The molecule has 1 unspecified atom stereocenters. The van der Waals surface area contributed by atoms with Gasteiger partial charge in [0.05, 0.1) is 19.3 Å². The highest BCUT2D eigenvalue weighted by atomic mass is 35.5. The van der Waals surface area contributed by atoms with Crippen molar-refractivity contribution in [2.24, 2.45) is 0 Å². The van der Waals surface area contributed by atoms with E-state index in [0.29, 0.717) is 42.5 Å². The van der Waals surface area contributed by atoms with Gasteiger partial charge in [-0.25, -0.2) is 9.59 Å². The van der Waals surface area contributed by atoms with Crippen LogP contribution in [0.3, 0.4) is 0 Å². The topological polar surface area (TPSA) is 122 Å². The number of rotatable bonds is 11. The Morgan fingerprint density at radius 3 is 2.55 bits per heavy atom. The minimum Gasteiger partial charge on any atom is -0.493 e. The summed E-state index contributed by atoms with van der Waals surface area (Å²) >= 11 is 6.33. The van der Waals surface area contributed by atoms with Crippen molar-refractivity contribution in [3.63, 3.8) is 0 Å². The summed E-state index contributed by atoms with van der Waals surface area (Å²) in [6.45, 7) is 3.17. The van der Waals surface area contributed by atoms with Crippen molar-refractivity contribution in [1.82, 2.24) is 15.2 Å². The summed E-state index contributed by atoms with van der Waals surface area (Å²) in [4.78, 5) is 30.4. The SMILES string of the molecule is COCCOC(=O)NCC(O)CCOc1ccc([C@H]2c3[nH]c4ccc(Cl)cc4c3CCN2C(=O)Oc2ccc(C)cc2)cc1. The van der Waals surface area contributed by atoms with Gasteiger partial charge in [0.25, 0.3) is 0 Å². The molecule has 11 heteroatoms. The van der Waals surface area contributed by atoms with Crippen LogP contribution in [-0.4, -0.2) is 73.3 Å². The number of carbonyl (C=O) groups excluding carboxylic acids is 2. The molecule has 0 bridgehead atoms. The molecule has 5 rings (SSSR count). The lowest BCUT2D eigenvalue weighted by atomic mass is 9.92. The van der Waals surface area contributed by atoms with Crippen LogP contribution in [0.15, 0.2) is 66.7 Å². The van der Waals surface area contributed by atoms with E-state index in [-0.39, 0.29) is 19.8 Å². The van der Waals surface area contributed by atoms with Crippen LogP contribution in [0, 0.1) is 6.92 Å². The molecule has 0 saturated carbocycles. The molecule has 4 aromatic rings. The molecular formula is C33H36ClN3O7. The monoisotopic (exact) mass is 621 g/mol. The maximum Gasteiger partial charge on any atom is 0.416 e. The molecule has 0 fully saturated rings. The summed E-state index contributed by atoms with van der Waals surface area (Å²) in [5.74, 6) is 1.10. The van der Waals surface area contributed by atoms with E-state index in [1.165, 1.54) is 7.11 Å². The van der Waals surface area contributed by atoms with Gasteiger partial charge in [-0.3, -0.25) is 4.90 Å². The summed E-state index contributed by atoms with van der Waals surface area (Å²) in [5, 5.41) is 14.4. The Bertz CT molecular complexity index is 1570. The number of aromatic amines is 1. The van der Waals surface area contributed by atoms with E-state index in [4.69, 9.17) is 30.5 Å². The second-order valence-electron chi connectivity index (χ2n) is 10.6. The van der Waals surface area contributed by atoms with Gasteiger partial charge in [0.2, 0.25) is 0 Å². The smallest absolute Gasteiger partial charge is 0.416 e. The van der Waals surface area contributed by atoms with E-state index in [9.17, 15) is 14.7 Å². The van der Waals surface area contributed by atoms with E-state index >= 15 is 0 Å². The Hall–Kier alpha value is -4.25. The number of nitrogens with zero attached hydrogens (tertiary/aromatic N) is 1. The van der Waals surface area contributed by atoms with Crippen molar-refractivity contribution in [1.29, 1.82) is 0 Å². The standard InChI is InChI=1S/C33H36ClN3O7/c1-21-3-8-26(9-4-21)44-33(40)37-15-13-27-28-19-23(34)7-12-29(28)36-30(27)31(37)22-5-10-25(11-6-22)42-16-14-24(38)20-35-32(39)43-18-17-41-2/h3-12,19,24,31,36,38H,13-18,20H2,1-2H3,(H,35,39)/t24?,31-/m0/s1. The second kappa shape index (κ2) is 14.5. The lowest BCUT2D eigenvalue weighted by Crippen LogP contribution is -2.42. The zero-order valence-electron chi connectivity index (χ0n) is 24.7. The van der Waals surface area contributed by atoms with Crippen molar-refractivity contribution in [2.45, 2.75) is 31.9 Å². The number of aliphatic hydroxyl groups is 1. The van der Waals surface area contributed by atoms with Gasteiger partial charge < -0.3 is 34.4 Å². The third-order valence-corrected chi connectivity index (χ3v) is 7.70. The van der Waals surface area contributed by atoms with Crippen LogP contribution in [0.4, 0.5) is 9.59 Å². The van der Waals surface area contributed by atoms with Crippen molar-refractivity contribution >= 4 is 34.7 Å². The second-order valence-corrected chi connectivity index (χ2v) is 11.0. The zero-order valence-corrected chi connectivity index (χ0v) is 25.4. The van der Waals surface area contributed by atoms with Crippen molar-refractivity contribution in [3.05, 3.63) is 94.1 Å². The Morgan fingerprint density at radius 1 is 1.05 bits per heavy atom. The van der Waals surface area contributed by atoms with Crippen LogP contribution in [-0.2, 0) is 15.9 Å². The van der Waals surface area contributed by atoms with E-state index in [2.05, 4.69) is 10.3 Å². The van der Waals surface area contributed by atoms with Gasteiger partial charge in [-0.15, -0.1) is 0 Å². The van der Waals surface area contributed by atoms with E-state index in [1.807, 2.05) is 61.5 Å². The third-order valence-electron chi connectivity index (χ3n) is 7.47. The molecule has 44 heavy (non-hydrogen) atoms. The molecule has 0 saturated heterocycles. The fourth-order valence-electron chi connectivity index (χ4n) is 5.20. The van der Waals surface area contributed by atoms with Crippen LogP contribution in [0.25, 0.3) is 10.9 Å². The lowest BCUT2D eigenvalue weighted by molar-refractivity contribution is 0.0910. The number of carbonyl (C=O) groups is 2. The minimum absolute atomic E-state index is 0.0440. The number of aromatic nitrogens is 1. The van der Waals surface area contributed by atoms with Gasteiger partial charge in [0.1, 0.15) is 24.1 Å². The first-order valence-corrected chi connectivity index (χ1v) is 14.9. The first-order chi connectivity index (χ1) is 21.3. The number of hydrogen-bond donors (Lipinski definition) is 3. The summed E-state index contributed by atoms with van der Waals surface area (Å²) < 4.78 is 21.4. The molecule has 2 amide bonds. The molecule has 10 nitrogen and oxygen atoms in total. The molecular weight excluding hydrogens is 586 g/mol. The van der Waals surface area contributed by atoms with E-state index in [1.54, 1.807) is 17.0 Å². The van der Waals surface area contributed by atoms with Crippen LogP contribution in [0.5, 0.6) is 11.5 Å². The Morgan fingerprint density at radius 2 is 1.80 bits per heavy atom. The van der Waals surface area contributed by atoms with Crippen LogP contribution in [0.1, 0.15) is 34.8 Å². The maximum absolute atomic E-state index is 13.5. The van der Waals surface area contributed by atoms with Crippen molar-refractivity contribution in [2.75, 3.05) is 40.0 Å². The summed E-state index contributed by atoms with van der Waals surface area (Å²) in [7, 11) is 1.52. The van der Waals surface area contributed by atoms with E-state index < -0.39 is 24.3 Å². The number of benzene rings is 3. The average Bonchev–Trinajstić information content (AvgIpc) is 3.39. The minimum atomic E-state index is -0.798. The molecule has 2 heterocycles. The molecule has 1 aliphatic heterocycles. The molecule has 3 N–H and O–H groups in total. The number of nitrogens with one attached hydrogen (secondary N) is 2. The maximum atomic E-state index is 13.5. The highest BCUT2D eigenvalue weighted by Crippen LogP contribution is 2.40. The largest absolute Gasteiger partial charge is 0.493 e. The predicted molar refractivity (Wildman–Crippen MR) is 167 cm³/mol. The molecule has 1 aliphatic rings. The van der Waals surface area contributed by atoms with Gasteiger partial charge >= 0.3 is 12.2 Å². The van der Waals surface area contributed by atoms with E-state index in [0.717, 1.165) is 33.3 Å². The first-order valence-electron chi connectivity index (χ1n) is 14.5. The Kier molecular flexibility index (Phi) is 10.3. The Labute approximate surface area is 260 Å². The number of halogens is 1. The third kappa shape index (κ3) is 7.63. The molecule has 232 valence electrons. The highest BCUT2D eigenvalue weighted by molar-refractivity contribution is 6.31. The number of H-pyrrole nitrogens is 1. The number of fused-ring (bicyclic) bond motifs is 3. The molecule has 1 aromatic heterocycles. The van der Waals surface area contributed by atoms with Gasteiger partial charge in [-0.2, -0.15) is 0 Å². The molecule has 0 radical (unpaired) electrons. The van der Waals surface area contributed by atoms with Crippen molar-refractivity contribution < 1.29 is 33.6 Å². The van der Waals surface area contributed by atoms with Crippen LogP contribution < -0.4 is 14.8 Å². The summed E-state index contributed by atoms with van der Waals surface area (Å²) in [6.07, 6.45) is -0.889. The van der Waals surface area contributed by atoms with Gasteiger partial charge in [-0.1, -0.05) is 41.4 Å². The van der Waals surface area contributed by atoms with Gasteiger partial charge in [-0.05, 0) is 66.9 Å². The van der Waals surface area contributed by atoms with Gasteiger partial charge in [0, 0.05) is 48.2 Å². The number of ether oxygens (including phenoxy) is 4. The molecule has 0 aliphatic carbocycles. The fraction of sp³-hybridized carbons (Fsp3) is 0.333. The normalized spacial score (nSPS) is 15.0. The average molecular weight is 622 g/mol. The summed E-state index contributed by atoms with van der Waals surface area (Å²) in [6, 6.07) is 20.2. The number of methoxy groups -OCH3 is 1. The highest BCUT2D eigenvalue weighted by Gasteiger charge is 2.35. The first kappa shape index (κ1) is 31.2. The number of amides is 2. The molecule has 3 aromatic carbocycles. The Balaban J connectivity index is 1.28. The van der Waals surface area contributed by atoms with Crippen LogP contribution >= 0.6 is 11.6 Å². The number of aryl methyl sites for hydroxylation is 1. The lowest BCUT2D eigenvalue weighted by Gasteiger charge is -2.35. The number of aliphatic hydroxyl groups excluding tert-OH is 1. The number of alkyl carbamates (subject to hydrolysis) is 1. The quantitative estimate of drug-likeness (QED) is 0.182. The van der Waals surface area contributed by atoms with Crippen LogP contribution in [0.2, 0.25) is 5.02 Å². The zero-order chi connectivity index (χ0) is 31.1. The fourth-order valence-corrected chi connectivity index (χ4v) is 5.37. The van der Waals surface area contributed by atoms with Crippen molar-refractivity contribution in [3.8, 4) is 11.5 Å². The molecule has 2 atom stereocenters.